The Bertz CT molecular complexity index is 872. The van der Waals surface area contributed by atoms with Crippen molar-refractivity contribution in [3.05, 3.63) is 60.1 Å². The summed E-state index contributed by atoms with van der Waals surface area (Å²) in [5.41, 5.74) is 0.678. The van der Waals surface area contributed by atoms with Crippen LogP contribution in [0.15, 0.2) is 47.1 Å². The maximum absolute atomic E-state index is 14.1. The first kappa shape index (κ1) is 18.6. The van der Waals surface area contributed by atoms with Crippen LogP contribution in [0, 0.1) is 5.82 Å². The molecule has 0 amide bonds. The Hall–Kier alpha value is -2.74. The van der Waals surface area contributed by atoms with Crippen molar-refractivity contribution in [1.29, 1.82) is 0 Å². The van der Waals surface area contributed by atoms with Crippen molar-refractivity contribution in [2.24, 2.45) is 0 Å². The van der Waals surface area contributed by atoms with Crippen molar-refractivity contribution in [3.8, 4) is 0 Å². The van der Waals surface area contributed by atoms with E-state index in [-0.39, 0.29) is 11.9 Å². The summed E-state index contributed by atoms with van der Waals surface area (Å²) in [6.45, 7) is 5.93. The monoisotopic (exact) mass is 384 g/mol. The summed E-state index contributed by atoms with van der Waals surface area (Å²) < 4.78 is 21.4. The molecule has 1 atom stereocenters. The van der Waals surface area contributed by atoms with Crippen LogP contribution in [-0.2, 0) is 6.54 Å². The van der Waals surface area contributed by atoms with Gasteiger partial charge in [0.1, 0.15) is 18.1 Å². The fraction of sp³-hybridized carbons (Fsp3) is 0.450. The number of nitrogens with zero attached hydrogens (tertiary/aromatic N) is 6. The number of tetrazole rings is 1. The van der Waals surface area contributed by atoms with Gasteiger partial charge in [0.25, 0.3) is 0 Å². The van der Waals surface area contributed by atoms with E-state index in [1.807, 2.05) is 28.9 Å². The minimum Gasteiger partial charge on any atom is -0.467 e. The van der Waals surface area contributed by atoms with Gasteiger partial charge in [-0.2, -0.15) is 0 Å². The highest BCUT2D eigenvalue weighted by molar-refractivity contribution is 5.48. The Morgan fingerprint density at radius 3 is 2.64 bits per heavy atom. The zero-order chi connectivity index (χ0) is 19.3. The molecule has 0 spiro atoms. The van der Waals surface area contributed by atoms with Crippen molar-refractivity contribution in [2.75, 3.05) is 31.1 Å². The van der Waals surface area contributed by atoms with Gasteiger partial charge in [-0.3, -0.25) is 4.90 Å². The molecule has 1 fully saturated rings. The molecule has 1 aliphatic rings. The van der Waals surface area contributed by atoms with E-state index in [9.17, 15) is 4.39 Å². The number of benzene rings is 1. The molecule has 2 aromatic heterocycles. The van der Waals surface area contributed by atoms with Crippen molar-refractivity contribution in [2.45, 2.75) is 32.4 Å². The minimum atomic E-state index is -0.163. The molecule has 1 saturated heterocycles. The topological polar surface area (TPSA) is 63.2 Å². The maximum atomic E-state index is 14.1. The molecule has 3 heterocycles. The van der Waals surface area contributed by atoms with Crippen LogP contribution in [0.3, 0.4) is 0 Å². The molecule has 0 N–H and O–H groups in total. The van der Waals surface area contributed by atoms with Crippen LogP contribution in [0.2, 0.25) is 0 Å². The number of aromatic nitrogens is 4. The Kier molecular flexibility index (Phi) is 5.66. The normalized spacial score (nSPS) is 16.4. The summed E-state index contributed by atoms with van der Waals surface area (Å²) in [7, 11) is 0. The number of furan rings is 1. The van der Waals surface area contributed by atoms with Crippen molar-refractivity contribution < 1.29 is 8.81 Å². The molecule has 1 aliphatic heterocycles. The number of hydrogen-bond donors (Lipinski definition) is 0. The van der Waals surface area contributed by atoms with E-state index < -0.39 is 0 Å². The summed E-state index contributed by atoms with van der Waals surface area (Å²) in [5.74, 6) is 1.52. The molecule has 8 heteroatoms. The standard InChI is InChI=1S/C20H25FN6O/c1-2-6-19(20-22-23-24-27(20)15-16-7-5-14-28-16)26-12-10-25(11-13-26)18-9-4-3-8-17(18)21/h3-5,7-9,14,19H,2,6,10-13,15H2,1H3. The van der Waals surface area contributed by atoms with Crippen molar-refractivity contribution >= 4 is 5.69 Å². The molecule has 7 nitrogen and oxygen atoms in total. The first-order chi connectivity index (χ1) is 13.8. The third-order valence-corrected chi connectivity index (χ3v) is 5.25. The molecule has 4 rings (SSSR count). The smallest absolute Gasteiger partial charge is 0.168 e. The molecular weight excluding hydrogens is 359 g/mol. The SMILES string of the molecule is CCCC(c1nnnn1Cc1ccco1)N1CCN(c2ccccc2F)CC1. The van der Waals surface area contributed by atoms with E-state index >= 15 is 0 Å². The van der Waals surface area contributed by atoms with Gasteiger partial charge in [0.05, 0.1) is 18.0 Å². The highest BCUT2D eigenvalue weighted by atomic mass is 19.1. The fourth-order valence-corrected chi connectivity index (χ4v) is 3.84. The maximum Gasteiger partial charge on any atom is 0.168 e. The Morgan fingerprint density at radius 2 is 1.93 bits per heavy atom. The average Bonchev–Trinajstić information content (AvgIpc) is 3.39. The number of rotatable bonds is 7. The van der Waals surface area contributed by atoms with Crippen LogP contribution in [-0.4, -0.2) is 51.3 Å². The largest absolute Gasteiger partial charge is 0.467 e. The number of hydrogen-bond acceptors (Lipinski definition) is 6. The summed E-state index contributed by atoms with van der Waals surface area (Å²) in [6, 6.07) is 10.9. The lowest BCUT2D eigenvalue weighted by Gasteiger charge is -2.39. The van der Waals surface area contributed by atoms with Gasteiger partial charge < -0.3 is 9.32 Å². The zero-order valence-electron chi connectivity index (χ0n) is 16.0. The lowest BCUT2D eigenvalue weighted by atomic mass is 10.1. The number of piperazine rings is 1. The van der Waals surface area contributed by atoms with Crippen molar-refractivity contribution in [1.82, 2.24) is 25.1 Å². The van der Waals surface area contributed by atoms with Gasteiger partial charge in [0, 0.05) is 26.2 Å². The van der Waals surface area contributed by atoms with Gasteiger partial charge >= 0.3 is 0 Å². The van der Waals surface area contributed by atoms with E-state index in [1.165, 1.54) is 6.07 Å². The highest BCUT2D eigenvalue weighted by Gasteiger charge is 2.29. The third-order valence-electron chi connectivity index (χ3n) is 5.25. The Labute approximate surface area is 163 Å². The van der Waals surface area contributed by atoms with Crippen LogP contribution in [0.5, 0.6) is 0 Å². The first-order valence-corrected chi connectivity index (χ1v) is 9.78. The van der Waals surface area contributed by atoms with E-state index in [1.54, 1.807) is 12.3 Å². The van der Waals surface area contributed by atoms with Gasteiger partial charge in [-0.15, -0.1) is 5.10 Å². The van der Waals surface area contributed by atoms with Crippen LogP contribution in [0.25, 0.3) is 0 Å². The Balaban J connectivity index is 1.48. The second-order valence-electron chi connectivity index (χ2n) is 7.05. The molecule has 1 unspecified atom stereocenters. The van der Waals surface area contributed by atoms with Crippen molar-refractivity contribution in [3.63, 3.8) is 0 Å². The summed E-state index contributed by atoms with van der Waals surface area (Å²) >= 11 is 0. The van der Waals surface area contributed by atoms with Crippen LogP contribution < -0.4 is 4.90 Å². The zero-order valence-corrected chi connectivity index (χ0v) is 16.0. The second-order valence-corrected chi connectivity index (χ2v) is 7.05. The molecule has 0 bridgehead atoms. The summed E-state index contributed by atoms with van der Waals surface area (Å²) in [4.78, 5) is 4.52. The predicted octanol–water partition coefficient (Wildman–Crippen LogP) is 3.12. The van der Waals surface area contributed by atoms with E-state index in [0.29, 0.717) is 12.2 Å². The quantitative estimate of drug-likeness (QED) is 0.624. The van der Waals surface area contributed by atoms with Crippen LogP contribution >= 0.6 is 0 Å². The van der Waals surface area contributed by atoms with E-state index in [2.05, 4.69) is 32.2 Å². The van der Waals surface area contributed by atoms with Gasteiger partial charge in [0.2, 0.25) is 0 Å². The molecule has 0 saturated carbocycles. The second kappa shape index (κ2) is 8.52. The summed E-state index contributed by atoms with van der Waals surface area (Å²) in [6.07, 6.45) is 3.66. The Morgan fingerprint density at radius 1 is 1.11 bits per heavy atom. The number of halogens is 1. The molecule has 0 aliphatic carbocycles. The minimum absolute atomic E-state index is 0.137. The van der Waals surface area contributed by atoms with E-state index in [0.717, 1.165) is 50.6 Å². The highest BCUT2D eigenvalue weighted by Crippen LogP contribution is 2.27. The lowest BCUT2D eigenvalue weighted by molar-refractivity contribution is 0.164. The molecule has 28 heavy (non-hydrogen) atoms. The number of anilines is 1. The molecule has 0 radical (unpaired) electrons. The predicted molar refractivity (Wildman–Crippen MR) is 103 cm³/mol. The van der Waals surface area contributed by atoms with Gasteiger partial charge in [-0.1, -0.05) is 25.5 Å². The van der Waals surface area contributed by atoms with Gasteiger partial charge in [-0.25, -0.2) is 9.07 Å². The average molecular weight is 384 g/mol. The van der Waals surface area contributed by atoms with Gasteiger partial charge in [0.15, 0.2) is 5.82 Å². The summed E-state index contributed by atoms with van der Waals surface area (Å²) in [5, 5.41) is 12.4. The lowest BCUT2D eigenvalue weighted by Crippen LogP contribution is -2.48. The van der Waals surface area contributed by atoms with Gasteiger partial charge in [-0.05, 0) is 41.1 Å². The number of para-hydroxylation sites is 1. The molecule has 3 aromatic rings. The molecule has 148 valence electrons. The fourth-order valence-electron chi connectivity index (χ4n) is 3.84. The third kappa shape index (κ3) is 3.91. The van der Waals surface area contributed by atoms with Crippen LogP contribution in [0.1, 0.15) is 37.4 Å². The first-order valence-electron chi connectivity index (χ1n) is 9.78. The molecular formula is C20H25FN6O. The van der Waals surface area contributed by atoms with Crippen LogP contribution in [0.4, 0.5) is 10.1 Å². The van der Waals surface area contributed by atoms with E-state index in [4.69, 9.17) is 4.42 Å². The molecule has 1 aromatic carbocycles.